The number of fused-ring (bicyclic) bond motifs is 1. The molecule has 0 unspecified atom stereocenters. The van der Waals surface area contributed by atoms with Gasteiger partial charge in [0.15, 0.2) is 0 Å². The highest BCUT2D eigenvalue weighted by molar-refractivity contribution is 8.26. The van der Waals surface area contributed by atoms with Gasteiger partial charge in [0, 0.05) is 12.1 Å². The van der Waals surface area contributed by atoms with Crippen molar-refractivity contribution in [1.29, 1.82) is 0 Å². The van der Waals surface area contributed by atoms with E-state index >= 15 is 0 Å². The monoisotopic (exact) mass is 362 g/mol. The van der Waals surface area contributed by atoms with Crippen molar-refractivity contribution in [3.05, 3.63) is 34.7 Å². The van der Waals surface area contributed by atoms with Gasteiger partial charge in [-0.15, -0.1) is 0 Å². The molecular weight excluding hydrogens is 348 g/mol. The summed E-state index contributed by atoms with van der Waals surface area (Å²) in [6.45, 7) is 2.12. The Morgan fingerprint density at radius 1 is 1.21 bits per heavy atom. The maximum Gasteiger partial charge on any atom is 0.325 e. The van der Waals surface area contributed by atoms with Gasteiger partial charge >= 0.3 is 5.97 Å². The van der Waals surface area contributed by atoms with E-state index in [1.165, 1.54) is 12.0 Å². The number of methoxy groups -OCH3 is 1. The van der Waals surface area contributed by atoms with E-state index in [1.807, 2.05) is 31.2 Å². The van der Waals surface area contributed by atoms with Gasteiger partial charge in [0.25, 0.3) is 11.8 Å². The molecule has 1 fully saturated rings. The molecule has 1 aromatic carbocycles. The molecule has 0 saturated carbocycles. The summed E-state index contributed by atoms with van der Waals surface area (Å²) >= 11 is 6.24. The molecule has 0 aliphatic carbocycles. The first-order chi connectivity index (χ1) is 11.5. The summed E-state index contributed by atoms with van der Waals surface area (Å²) in [6, 6.07) is 7.32. The van der Waals surface area contributed by atoms with Crippen molar-refractivity contribution in [3.8, 4) is 0 Å². The number of thiocarbonyl (C=S) groups is 1. The van der Waals surface area contributed by atoms with Crippen LogP contribution >= 0.6 is 24.0 Å². The average Bonchev–Trinajstić information content (AvgIpc) is 3.01. The summed E-state index contributed by atoms with van der Waals surface area (Å²) in [5.41, 5.74) is 1.83. The molecule has 0 atom stereocenters. The molecule has 0 N–H and O–H groups in total. The lowest BCUT2D eigenvalue weighted by Gasteiger charge is -2.13. The van der Waals surface area contributed by atoms with Crippen molar-refractivity contribution < 1.29 is 19.1 Å². The molecule has 6 nitrogen and oxygen atoms in total. The molecule has 0 bridgehead atoms. The van der Waals surface area contributed by atoms with Crippen LogP contribution in [0.5, 0.6) is 0 Å². The molecule has 2 aliphatic heterocycles. The van der Waals surface area contributed by atoms with E-state index in [0.717, 1.165) is 17.4 Å². The van der Waals surface area contributed by atoms with Crippen LogP contribution in [0.2, 0.25) is 0 Å². The summed E-state index contributed by atoms with van der Waals surface area (Å²) in [5.74, 6) is -1.23. The number of carbonyl (C=O) groups excluding carboxylic acids is 3. The van der Waals surface area contributed by atoms with Crippen LogP contribution in [0.3, 0.4) is 0 Å². The standard InChI is InChI=1S/C16H14N2O4S2/c1-3-17-10-7-5-4-6-9(10)12(14(17)20)13-15(21)18(16(23)24-13)8-11(19)22-2/h4-7H,3,8H2,1-2H3/b13-12+. The lowest BCUT2D eigenvalue weighted by molar-refractivity contribution is -0.143. The minimum absolute atomic E-state index is 0.225. The Kier molecular flexibility index (Phi) is 4.42. The number of benzene rings is 1. The molecule has 2 aliphatic rings. The Hall–Kier alpha value is -2.19. The van der Waals surface area contributed by atoms with Gasteiger partial charge in [0.2, 0.25) is 0 Å². The molecule has 8 heteroatoms. The number of amides is 2. The fourth-order valence-electron chi connectivity index (χ4n) is 2.69. The third-order valence-corrected chi connectivity index (χ3v) is 5.28. The fourth-order valence-corrected chi connectivity index (χ4v) is 4.02. The largest absolute Gasteiger partial charge is 0.468 e. The second-order valence-corrected chi connectivity index (χ2v) is 6.75. The van der Waals surface area contributed by atoms with Crippen LogP contribution in [-0.4, -0.2) is 47.2 Å². The number of thioether (sulfide) groups is 1. The molecule has 124 valence electrons. The fraction of sp³-hybridized carbons (Fsp3) is 0.250. The predicted molar refractivity (Wildman–Crippen MR) is 95.3 cm³/mol. The predicted octanol–water partition coefficient (Wildman–Crippen LogP) is 1.80. The highest BCUT2D eigenvalue weighted by atomic mass is 32.2. The third-order valence-electron chi connectivity index (χ3n) is 3.83. The van der Waals surface area contributed by atoms with Gasteiger partial charge in [-0.1, -0.05) is 42.2 Å². The van der Waals surface area contributed by atoms with Crippen molar-refractivity contribution in [2.24, 2.45) is 0 Å². The second-order valence-electron chi connectivity index (χ2n) is 5.11. The third kappa shape index (κ3) is 2.51. The molecule has 24 heavy (non-hydrogen) atoms. The van der Waals surface area contributed by atoms with E-state index in [0.29, 0.717) is 17.7 Å². The van der Waals surface area contributed by atoms with Gasteiger partial charge in [0.05, 0.1) is 23.3 Å². The zero-order chi connectivity index (χ0) is 17.4. The maximum absolute atomic E-state index is 12.8. The molecule has 0 spiro atoms. The van der Waals surface area contributed by atoms with Gasteiger partial charge in [-0.3, -0.25) is 19.3 Å². The SMILES string of the molecule is CCN1C(=O)/C(=C2/SC(=S)N(CC(=O)OC)C2=O)c2ccccc21. The normalized spacial score (nSPS) is 20.0. The zero-order valence-electron chi connectivity index (χ0n) is 13.1. The van der Waals surface area contributed by atoms with Crippen LogP contribution < -0.4 is 4.90 Å². The summed E-state index contributed by atoms with van der Waals surface area (Å²) in [4.78, 5) is 40.0. The smallest absolute Gasteiger partial charge is 0.325 e. The zero-order valence-corrected chi connectivity index (χ0v) is 14.7. The van der Waals surface area contributed by atoms with Crippen LogP contribution in [0.15, 0.2) is 29.2 Å². The average molecular weight is 362 g/mol. The molecule has 2 heterocycles. The molecule has 0 aromatic heterocycles. The molecular formula is C16H14N2O4S2. The van der Waals surface area contributed by atoms with Crippen LogP contribution in [0, 0.1) is 0 Å². The van der Waals surface area contributed by atoms with Gasteiger partial charge in [-0.05, 0) is 13.0 Å². The van der Waals surface area contributed by atoms with E-state index in [9.17, 15) is 14.4 Å². The van der Waals surface area contributed by atoms with E-state index < -0.39 is 11.9 Å². The molecule has 2 amide bonds. The first-order valence-electron chi connectivity index (χ1n) is 7.25. The summed E-state index contributed by atoms with van der Waals surface area (Å²) in [6.07, 6.45) is 0. The van der Waals surface area contributed by atoms with Gasteiger partial charge in [-0.25, -0.2) is 0 Å². The highest BCUT2D eigenvalue weighted by Gasteiger charge is 2.42. The van der Waals surface area contributed by atoms with E-state index in [2.05, 4.69) is 4.74 Å². The number of carbonyl (C=O) groups is 3. The van der Waals surface area contributed by atoms with E-state index in [1.54, 1.807) is 4.90 Å². The Bertz CT molecular complexity index is 803. The summed E-state index contributed by atoms with van der Waals surface area (Å²) < 4.78 is 4.83. The summed E-state index contributed by atoms with van der Waals surface area (Å²) in [7, 11) is 1.24. The van der Waals surface area contributed by atoms with Crippen molar-refractivity contribution in [3.63, 3.8) is 0 Å². The van der Waals surface area contributed by atoms with Crippen LogP contribution in [0.4, 0.5) is 5.69 Å². The lowest BCUT2D eigenvalue weighted by atomic mass is 10.1. The highest BCUT2D eigenvalue weighted by Crippen LogP contribution is 2.44. The van der Waals surface area contributed by atoms with E-state index in [-0.39, 0.29) is 21.7 Å². The number of nitrogens with zero attached hydrogens (tertiary/aromatic N) is 2. The van der Waals surface area contributed by atoms with E-state index in [4.69, 9.17) is 12.2 Å². The Morgan fingerprint density at radius 2 is 1.92 bits per heavy atom. The van der Waals surface area contributed by atoms with Crippen molar-refractivity contribution >= 4 is 57.3 Å². The topological polar surface area (TPSA) is 66.9 Å². The number of likely N-dealkylation sites (N-methyl/N-ethyl adjacent to an activating group) is 1. The lowest BCUT2D eigenvalue weighted by Crippen LogP contribution is -2.34. The molecule has 3 rings (SSSR count). The number of anilines is 1. The molecule has 1 aromatic rings. The van der Waals surface area contributed by atoms with Crippen molar-refractivity contribution in [1.82, 2.24) is 4.90 Å². The Morgan fingerprint density at radius 3 is 2.58 bits per heavy atom. The van der Waals surface area contributed by atoms with Crippen LogP contribution in [0.25, 0.3) is 5.57 Å². The number of ether oxygens (including phenoxy) is 1. The number of rotatable bonds is 3. The molecule has 1 saturated heterocycles. The Labute approximate surface area is 148 Å². The minimum atomic E-state index is -0.564. The first-order valence-corrected chi connectivity index (χ1v) is 8.48. The Balaban J connectivity index is 2.07. The summed E-state index contributed by atoms with van der Waals surface area (Å²) in [5, 5.41) is 0. The van der Waals surface area contributed by atoms with Crippen LogP contribution in [-0.2, 0) is 19.1 Å². The minimum Gasteiger partial charge on any atom is -0.468 e. The number of para-hydroxylation sites is 1. The maximum atomic E-state index is 12.8. The van der Waals surface area contributed by atoms with Crippen molar-refractivity contribution in [2.45, 2.75) is 6.92 Å². The van der Waals surface area contributed by atoms with Crippen LogP contribution in [0.1, 0.15) is 12.5 Å². The van der Waals surface area contributed by atoms with Gasteiger partial charge in [-0.2, -0.15) is 0 Å². The van der Waals surface area contributed by atoms with Gasteiger partial charge < -0.3 is 9.64 Å². The second kappa shape index (κ2) is 6.37. The number of hydrogen-bond donors (Lipinski definition) is 0. The molecule has 0 radical (unpaired) electrons. The van der Waals surface area contributed by atoms with Gasteiger partial charge in [0.1, 0.15) is 10.9 Å². The number of hydrogen-bond acceptors (Lipinski definition) is 6. The quantitative estimate of drug-likeness (QED) is 0.464. The van der Waals surface area contributed by atoms with Crippen molar-refractivity contribution in [2.75, 3.05) is 25.1 Å². The number of esters is 1. The first kappa shape index (κ1) is 16.7.